The molecule has 0 bridgehead atoms. The van der Waals surface area contributed by atoms with Crippen LogP contribution < -0.4 is 0 Å². The van der Waals surface area contributed by atoms with Gasteiger partial charge in [0, 0.05) is 13.4 Å². The number of aromatic nitrogens is 3. The Balaban J connectivity index is 2.59. The molecule has 0 spiro atoms. The number of rotatable bonds is 2. The molecule has 0 amide bonds. The average Bonchev–Trinajstić information content (AvgIpc) is 2.64. The summed E-state index contributed by atoms with van der Waals surface area (Å²) in [5.74, 6) is 0. The van der Waals surface area contributed by atoms with Gasteiger partial charge in [0.2, 0.25) is 0 Å². The molecule has 0 aliphatic heterocycles. The maximum atomic E-state index is 10.5. The highest BCUT2D eigenvalue weighted by molar-refractivity contribution is 9.11. The highest BCUT2D eigenvalue weighted by atomic mass is 79.9. The van der Waals surface area contributed by atoms with Crippen molar-refractivity contribution in [2.45, 2.75) is 0 Å². The summed E-state index contributed by atoms with van der Waals surface area (Å²) in [5, 5.41) is 7.58. The lowest BCUT2D eigenvalue weighted by atomic mass is 10.3. The first kappa shape index (κ1) is 11.9. The summed E-state index contributed by atoms with van der Waals surface area (Å²) < 4.78 is 4.16. The van der Waals surface area contributed by atoms with Crippen LogP contribution in [0.25, 0.3) is 5.69 Å². The molecule has 16 heavy (non-hydrogen) atoms. The fraction of sp³-hybridized carbons (Fsp3) is 0. The quantitative estimate of drug-likeness (QED) is 0.714. The Morgan fingerprint density at radius 1 is 1.19 bits per heavy atom. The topological polar surface area (TPSA) is 47.8 Å². The van der Waals surface area contributed by atoms with Crippen LogP contribution in [0.3, 0.4) is 0 Å². The van der Waals surface area contributed by atoms with Crippen molar-refractivity contribution < 1.29 is 4.79 Å². The zero-order valence-electron chi connectivity index (χ0n) is 7.69. The lowest BCUT2D eigenvalue weighted by molar-refractivity contribution is 0.111. The molecule has 0 radical (unpaired) electrons. The summed E-state index contributed by atoms with van der Waals surface area (Å²) in [6.07, 6.45) is 2.22. The molecule has 0 unspecified atom stereocenters. The third kappa shape index (κ3) is 2.26. The predicted molar refractivity (Wildman–Crippen MR) is 69.8 cm³/mol. The maximum absolute atomic E-state index is 10.5. The van der Waals surface area contributed by atoms with Crippen LogP contribution in [0.15, 0.2) is 31.7 Å². The second-order valence-electron chi connectivity index (χ2n) is 2.92. The summed E-state index contributed by atoms with van der Waals surface area (Å²) in [6.45, 7) is 0. The SMILES string of the molecule is O=Cc1cn(-c2c(Br)cc(Br)cc2Br)nn1. The van der Waals surface area contributed by atoms with Gasteiger partial charge in [-0.25, -0.2) is 4.68 Å². The number of nitrogens with zero attached hydrogens (tertiary/aromatic N) is 3. The molecule has 0 saturated carbocycles. The molecule has 4 nitrogen and oxygen atoms in total. The summed E-state index contributed by atoms with van der Waals surface area (Å²) >= 11 is 10.2. The van der Waals surface area contributed by atoms with Gasteiger partial charge in [-0.15, -0.1) is 5.10 Å². The maximum Gasteiger partial charge on any atom is 0.171 e. The van der Waals surface area contributed by atoms with Crippen LogP contribution in [0.5, 0.6) is 0 Å². The van der Waals surface area contributed by atoms with Crippen LogP contribution >= 0.6 is 47.8 Å². The highest BCUT2D eigenvalue weighted by Gasteiger charge is 2.11. The zero-order valence-corrected chi connectivity index (χ0v) is 12.5. The Labute approximate surface area is 116 Å². The molecule has 0 aliphatic carbocycles. The van der Waals surface area contributed by atoms with E-state index in [0.29, 0.717) is 12.0 Å². The number of hydrogen-bond acceptors (Lipinski definition) is 3. The minimum absolute atomic E-state index is 0.293. The van der Waals surface area contributed by atoms with E-state index in [1.807, 2.05) is 12.1 Å². The molecule has 0 fully saturated rings. The van der Waals surface area contributed by atoms with E-state index >= 15 is 0 Å². The summed E-state index contributed by atoms with van der Waals surface area (Å²) in [6, 6.07) is 3.78. The minimum atomic E-state index is 0.293. The van der Waals surface area contributed by atoms with Gasteiger partial charge in [-0.1, -0.05) is 21.1 Å². The van der Waals surface area contributed by atoms with E-state index in [2.05, 4.69) is 58.1 Å². The normalized spacial score (nSPS) is 10.4. The number of hydrogen-bond donors (Lipinski definition) is 0. The summed E-state index contributed by atoms with van der Waals surface area (Å²) in [7, 11) is 0. The highest BCUT2D eigenvalue weighted by Crippen LogP contribution is 2.32. The average molecular weight is 410 g/mol. The van der Waals surface area contributed by atoms with Crippen LogP contribution in [0.2, 0.25) is 0 Å². The number of benzene rings is 1. The molecular weight excluding hydrogens is 406 g/mol. The number of aldehydes is 1. The molecular formula is C9H4Br3N3O. The molecule has 2 rings (SSSR count). The standard InChI is InChI=1S/C9H4Br3N3O/c10-5-1-7(11)9(8(12)2-5)15-3-6(4-16)13-14-15/h1-4H. The van der Waals surface area contributed by atoms with E-state index in [9.17, 15) is 4.79 Å². The molecule has 1 aromatic carbocycles. The van der Waals surface area contributed by atoms with Crippen molar-refractivity contribution >= 4 is 54.1 Å². The molecule has 82 valence electrons. The van der Waals surface area contributed by atoms with Crippen molar-refractivity contribution in [2.24, 2.45) is 0 Å². The van der Waals surface area contributed by atoms with Crippen LogP contribution in [0.1, 0.15) is 10.5 Å². The Hall–Kier alpha value is -0.530. The number of carbonyl (C=O) groups is 1. The lowest BCUT2D eigenvalue weighted by Gasteiger charge is -2.06. The van der Waals surface area contributed by atoms with E-state index < -0.39 is 0 Å². The van der Waals surface area contributed by atoms with Gasteiger partial charge in [-0.05, 0) is 44.0 Å². The molecule has 1 aromatic heterocycles. The fourth-order valence-electron chi connectivity index (χ4n) is 1.19. The van der Waals surface area contributed by atoms with E-state index in [4.69, 9.17) is 0 Å². The van der Waals surface area contributed by atoms with Crippen molar-refractivity contribution in [3.63, 3.8) is 0 Å². The van der Waals surface area contributed by atoms with E-state index in [1.54, 1.807) is 6.20 Å². The van der Waals surface area contributed by atoms with Crippen LogP contribution in [-0.2, 0) is 0 Å². The predicted octanol–water partition coefficient (Wildman–Crippen LogP) is 3.37. The van der Waals surface area contributed by atoms with Crippen molar-refractivity contribution in [1.29, 1.82) is 0 Å². The van der Waals surface area contributed by atoms with Gasteiger partial charge in [-0.3, -0.25) is 4.79 Å². The van der Waals surface area contributed by atoms with Crippen molar-refractivity contribution in [1.82, 2.24) is 15.0 Å². The minimum Gasteiger partial charge on any atom is -0.296 e. The van der Waals surface area contributed by atoms with Gasteiger partial charge in [0.05, 0.1) is 11.9 Å². The van der Waals surface area contributed by atoms with Crippen LogP contribution in [0.4, 0.5) is 0 Å². The van der Waals surface area contributed by atoms with Gasteiger partial charge in [0.25, 0.3) is 0 Å². The molecule has 7 heteroatoms. The van der Waals surface area contributed by atoms with E-state index in [1.165, 1.54) is 4.68 Å². The van der Waals surface area contributed by atoms with Crippen LogP contribution in [-0.4, -0.2) is 21.3 Å². The van der Waals surface area contributed by atoms with E-state index in [-0.39, 0.29) is 0 Å². The van der Waals surface area contributed by atoms with Crippen LogP contribution in [0, 0.1) is 0 Å². The monoisotopic (exact) mass is 407 g/mol. The smallest absolute Gasteiger partial charge is 0.171 e. The van der Waals surface area contributed by atoms with Crippen molar-refractivity contribution in [2.75, 3.05) is 0 Å². The van der Waals surface area contributed by atoms with Gasteiger partial charge in [-0.2, -0.15) is 0 Å². The first-order chi connectivity index (χ1) is 7.61. The Bertz CT molecular complexity index is 530. The third-order valence-electron chi connectivity index (χ3n) is 1.84. The molecule has 0 N–H and O–H groups in total. The van der Waals surface area contributed by atoms with Gasteiger partial charge in [0.15, 0.2) is 6.29 Å². The molecule has 0 aliphatic rings. The first-order valence-electron chi connectivity index (χ1n) is 4.14. The molecule has 0 saturated heterocycles. The second-order valence-corrected chi connectivity index (χ2v) is 5.55. The summed E-state index contributed by atoms with van der Waals surface area (Å²) in [4.78, 5) is 10.5. The Morgan fingerprint density at radius 2 is 1.81 bits per heavy atom. The zero-order chi connectivity index (χ0) is 11.7. The largest absolute Gasteiger partial charge is 0.296 e. The van der Waals surface area contributed by atoms with Crippen molar-refractivity contribution in [3.8, 4) is 5.69 Å². The first-order valence-corrected chi connectivity index (χ1v) is 6.52. The van der Waals surface area contributed by atoms with E-state index in [0.717, 1.165) is 19.1 Å². The Kier molecular flexibility index (Phi) is 3.56. The number of carbonyl (C=O) groups excluding carboxylic acids is 1. The molecule has 0 atom stereocenters. The fourth-order valence-corrected chi connectivity index (χ4v) is 3.82. The summed E-state index contributed by atoms with van der Waals surface area (Å²) in [5.41, 5.74) is 1.09. The Morgan fingerprint density at radius 3 is 2.31 bits per heavy atom. The molecule has 1 heterocycles. The van der Waals surface area contributed by atoms with Gasteiger partial charge >= 0.3 is 0 Å². The second kappa shape index (κ2) is 4.77. The van der Waals surface area contributed by atoms with Gasteiger partial charge in [0.1, 0.15) is 5.69 Å². The number of halogens is 3. The van der Waals surface area contributed by atoms with Gasteiger partial charge < -0.3 is 0 Å². The lowest BCUT2D eigenvalue weighted by Crippen LogP contribution is -1.97. The molecule has 2 aromatic rings. The third-order valence-corrected chi connectivity index (χ3v) is 3.51. The van der Waals surface area contributed by atoms with Crippen molar-refractivity contribution in [3.05, 3.63) is 37.4 Å².